The summed E-state index contributed by atoms with van der Waals surface area (Å²) in [5.74, 6) is -0.937. The highest BCUT2D eigenvalue weighted by Gasteiger charge is 2.43. The lowest BCUT2D eigenvalue weighted by Crippen LogP contribution is -2.46. The van der Waals surface area contributed by atoms with Crippen LogP contribution in [-0.4, -0.2) is 32.0 Å². The zero-order valence-corrected chi connectivity index (χ0v) is 20.1. The van der Waals surface area contributed by atoms with E-state index in [4.69, 9.17) is 19.9 Å². The highest BCUT2D eigenvalue weighted by atomic mass is 16.5. The lowest BCUT2D eigenvalue weighted by molar-refractivity contribution is -0.161. The van der Waals surface area contributed by atoms with E-state index in [1.54, 1.807) is 85.8 Å². The van der Waals surface area contributed by atoms with Crippen LogP contribution in [0.25, 0.3) is 0 Å². The van der Waals surface area contributed by atoms with Crippen molar-refractivity contribution in [2.24, 2.45) is 11.7 Å². The van der Waals surface area contributed by atoms with Crippen LogP contribution in [0.1, 0.15) is 36.1 Å². The molecule has 1 saturated heterocycles. The van der Waals surface area contributed by atoms with Gasteiger partial charge in [0.05, 0.1) is 26.2 Å². The molecule has 1 fully saturated rings. The first-order valence-electron chi connectivity index (χ1n) is 11.6. The predicted octanol–water partition coefficient (Wildman–Crippen LogP) is 3.96. The molecular weight excluding hydrogens is 460 g/mol. The second kappa shape index (κ2) is 10.9. The minimum absolute atomic E-state index is 0.125. The molecule has 3 aromatic carbocycles. The number of benzene rings is 3. The van der Waals surface area contributed by atoms with Gasteiger partial charge in [-0.1, -0.05) is 42.5 Å². The molecule has 4 rings (SSSR count). The molecule has 186 valence electrons. The quantitative estimate of drug-likeness (QED) is 0.481. The van der Waals surface area contributed by atoms with Crippen LogP contribution in [0.2, 0.25) is 0 Å². The van der Waals surface area contributed by atoms with Gasteiger partial charge in [-0.3, -0.25) is 14.4 Å². The Bertz CT molecular complexity index is 1210. The molecule has 3 atom stereocenters. The van der Waals surface area contributed by atoms with Gasteiger partial charge in [0.1, 0.15) is 11.5 Å². The molecule has 1 heterocycles. The summed E-state index contributed by atoms with van der Waals surface area (Å²) < 4.78 is 16.2. The molecule has 0 spiro atoms. The maximum absolute atomic E-state index is 13.6. The number of ether oxygens (including phenoxy) is 3. The number of carbonyl (C=O) groups excluding carboxylic acids is 3. The summed E-state index contributed by atoms with van der Waals surface area (Å²) in [4.78, 5) is 40.6. The standard InChI is InChI=1S/C28H28N2O6/c1-34-21-12-8-18(9-13-21)25-23(28(33)36-26(27(29)32)19-6-4-3-5-7-19)16-17-24(31)30(25)20-10-14-22(35-2)15-11-20/h3-15,23,25-26H,16-17H2,1-2H3,(H2,29,32). The molecule has 8 nitrogen and oxygen atoms in total. The van der Waals surface area contributed by atoms with Crippen molar-refractivity contribution in [2.75, 3.05) is 19.1 Å². The van der Waals surface area contributed by atoms with Crippen molar-refractivity contribution in [2.45, 2.75) is 25.0 Å². The van der Waals surface area contributed by atoms with E-state index in [9.17, 15) is 14.4 Å². The van der Waals surface area contributed by atoms with E-state index >= 15 is 0 Å². The molecule has 0 aromatic heterocycles. The van der Waals surface area contributed by atoms with Crippen LogP contribution in [0, 0.1) is 5.92 Å². The van der Waals surface area contributed by atoms with Crippen molar-refractivity contribution < 1.29 is 28.6 Å². The van der Waals surface area contributed by atoms with Gasteiger partial charge >= 0.3 is 5.97 Å². The fourth-order valence-corrected chi connectivity index (χ4v) is 4.49. The van der Waals surface area contributed by atoms with Gasteiger partial charge in [-0.2, -0.15) is 0 Å². The van der Waals surface area contributed by atoms with Crippen molar-refractivity contribution in [1.29, 1.82) is 0 Å². The molecule has 0 aliphatic carbocycles. The Hall–Kier alpha value is -4.33. The third-order valence-corrected chi connectivity index (χ3v) is 6.30. The molecule has 1 aliphatic rings. The molecule has 2 amide bonds. The van der Waals surface area contributed by atoms with E-state index in [0.29, 0.717) is 22.7 Å². The number of rotatable bonds is 8. The number of methoxy groups -OCH3 is 2. The maximum atomic E-state index is 13.6. The Labute approximate surface area is 209 Å². The topological polar surface area (TPSA) is 108 Å². The van der Waals surface area contributed by atoms with Crippen molar-refractivity contribution in [3.63, 3.8) is 0 Å². The highest BCUT2D eigenvalue weighted by molar-refractivity contribution is 5.97. The van der Waals surface area contributed by atoms with E-state index in [0.717, 1.165) is 5.56 Å². The van der Waals surface area contributed by atoms with Crippen LogP contribution in [0.3, 0.4) is 0 Å². The summed E-state index contributed by atoms with van der Waals surface area (Å²) in [5.41, 5.74) is 7.42. The van der Waals surface area contributed by atoms with Crippen LogP contribution in [0.5, 0.6) is 11.5 Å². The molecule has 2 N–H and O–H groups in total. The van der Waals surface area contributed by atoms with Gasteiger partial charge in [-0.15, -0.1) is 0 Å². The van der Waals surface area contributed by atoms with E-state index < -0.39 is 29.9 Å². The maximum Gasteiger partial charge on any atom is 0.312 e. The van der Waals surface area contributed by atoms with E-state index in [1.807, 2.05) is 12.1 Å². The molecule has 1 aliphatic heterocycles. The number of primary amides is 1. The summed E-state index contributed by atoms with van der Waals surface area (Å²) in [6, 6.07) is 22.2. The van der Waals surface area contributed by atoms with Crippen LogP contribution < -0.4 is 20.1 Å². The molecule has 0 saturated carbocycles. The van der Waals surface area contributed by atoms with E-state index in [2.05, 4.69) is 0 Å². The normalized spacial score (nSPS) is 18.3. The summed E-state index contributed by atoms with van der Waals surface area (Å²) in [7, 11) is 3.13. The fraction of sp³-hybridized carbons (Fsp3) is 0.250. The number of amides is 2. The zero-order valence-electron chi connectivity index (χ0n) is 20.1. The number of anilines is 1. The Morgan fingerprint density at radius 2 is 1.47 bits per heavy atom. The lowest BCUT2D eigenvalue weighted by Gasteiger charge is -2.40. The van der Waals surface area contributed by atoms with Gasteiger partial charge < -0.3 is 24.8 Å². The van der Waals surface area contributed by atoms with Gasteiger partial charge in [-0.05, 0) is 48.4 Å². The minimum atomic E-state index is -1.23. The Balaban J connectivity index is 1.72. The summed E-state index contributed by atoms with van der Waals surface area (Å²) in [6.07, 6.45) is -0.825. The summed E-state index contributed by atoms with van der Waals surface area (Å²) in [6.45, 7) is 0. The smallest absolute Gasteiger partial charge is 0.312 e. The first kappa shape index (κ1) is 24.8. The monoisotopic (exact) mass is 488 g/mol. The van der Waals surface area contributed by atoms with Crippen molar-refractivity contribution in [3.05, 3.63) is 90.0 Å². The second-order valence-electron chi connectivity index (χ2n) is 8.45. The van der Waals surface area contributed by atoms with Crippen molar-refractivity contribution in [1.82, 2.24) is 0 Å². The minimum Gasteiger partial charge on any atom is -0.497 e. The Kier molecular flexibility index (Phi) is 7.53. The van der Waals surface area contributed by atoms with Crippen LogP contribution in [0.4, 0.5) is 5.69 Å². The van der Waals surface area contributed by atoms with Gasteiger partial charge in [0.25, 0.3) is 5.91 Å². The van der Waals surface area contributed by atoms with Crippen molar-refractivity contribution >= 4 is 23.5 Å². The number of esters is 1. The number of piperidine rings is 1. The van der Waals surface area contributed by atoms with Crippen LogP contribution >= 0.6 is 0 Å². The number of carbonyl (C=O) groups is 3. The van der Waals surface area contributed by atoms with Crippen molar-refractivity contribution in [3.8, 4) is 11.5 Å². The van der Waals surface area contributed by atoms with Crippen LogP contribution in [-0.2, 0) is 19.1 Å². The van der Waals surface area contributed by atoms with Crippen LogP contribution in [0.15, 0.2) is 78.9 Å². The fourth-order valence-electron chi connectivity index (χ4n) is 4.49. The number of nitrogens with two attached hydrogens (primary N) is 1. The number of hydrogen-bond acceptors (Lipinski definition) is 6. The first-order chi connectivity index (χ1) is 17.4. The Morgan fingerprint density at radius 3 is 2.03 bits per heavy atom. The number of nitrogens with zero attached hydrogens (tertiary/aromatic N) is 1. The summed E-state index contributed by atoms with van der Waals surface area (Å²) in [5, 5.41) is 0. The summed E-state index contributed by atoms with van der Waals surface area (Å²) >= 11 is 0. The lowest BCUT2D eigenvalue weighted by atomic mass is 9.83. The average molecular weight is 489 g/mol. The third-order valence-electron chi connectivity index (χ3n) is 6.30. The highest BCUT2D eigenvalue weighted by Crippen LogP contribution is 2.42. The van der Waals surface area contributed by atoms with Gasteiger partial charge in [0.15, 0.2) is 0 Å². The number of hydrogen-bond donors (Lipinski definition) is 1. The third kappa shape index (κ3) is 5.17. The average Bonchev–Trinajstić information content (AvgIpc) is 2.92. The largest absolute Gasteiger partial charge is 0.497 e. The predicted molar refractivity (Wildman–Crippen MR) is 133 cm³/mol. The molecule has 36 heavy (non-hydrogen) atoms. The second-order valence-corrected chi connectivity index (χ2v) is 8.45. The molecule has 3 unspecified atom stereocenters. The molecular formula is C28H28N2O6. The van der Waals surface area contributed by atoms with E-state index in [1.165, 1.54) is 0 Å². The van der Waals surface area contributed by atoms with E-state index in [-0.39, 0.29) is 18.7 Å². The molecule has 0 bridgehead atoms. The first-order valence-corrected chi connectivity index (χ1v) is 11.6. The molecule has 3 aromatic rings. The molecule has 8 heteroatoms. The zero-order chi connectivity index (χ0) is 25.7. The van der Waals surface area contributed by atoms with Gasteiger partial charge in [0, 0.05) is 17.7 Å². The Morgan fingerprint density at radius 1 is 0.889 bits per heavy atom. The van der Waals surface area contributed by atoms with Gasteiger partial charge in [0.2, 0.25) is 12.0 Å². The van der Waals surface area contributed by atoms with Gasteiger partial charge in [-0.25, -0.2) is 0 Å². The SMILES string of the molecule is COc1ccc(C2C(C(=O)OC(C(N)=O)c3ccccc3)CCC(=O)N2c2ccc(OC)cc2)cc1. The molecule has 0 radical (unpaired) electrons.